The quantitative estimate of drug-likeness (QED) is 0.876. The second-order valence-corrected chi connectivity index (χ2v) is 5.37. The number of nitrogens with zero attached hydrogens (tertiary/aromatic N) is 4. The molecule has 0 spiro atoms. The Hall–Kier alpha value is -1.56. The van der Waals surface area contributed by atoms with E-state index in [1.54, 1.807) is 9.58 Å². The third kappa shape index (κ3) is 3.26. The molecule has 1 N–H and O–H groups in total. The van der Waals surface area contributed by atoms with Crippen LogP contribution in [0.4, 0.5) is 10.6 Å². The van der Waals surface area contributed by atoms with Gasteiger partial charge in [0.25, 0.3) is 0 Å². The van der Waals surface area contributed by atoms with Crippen LogP contribution in [0.15, 0.2) is 6.07 Å². The summed E-state index contributed by atoms with van der Waals surface area (Å²) >= 11 is 0. The molecule has 2 amide bonds. The Morgan fingerprint density at radius 1 is 1.42 bits per heavy atom. The van der Waals surface area contributed by atoms with Gasteiger partial charge in [-0.1, -0.05) is 0 Å². The summed E-state index contributed by atoms with van der Waals surface area (Å²) in [5.74, 6) is 0.616. The van der Waals surface area contributed by atoms with Gasteiger partial charge in [0.1, 0.15) is 0 Å². The van der Waals surface area contributed by atoms with E-state index in [1.807, 2.05) is 27.1 Å². The molecule has 6 nitrogen and oxygen atoms in total. The normalized spacial score (nSPS) is 17.5. The Morgan fingerprint density at radius 2 is 2.05 bits per heavy atom. The molecular formula is C13H23N5O. The molecule has 1 aliphatic rings. The van der Waals surface area contributed by atoms with Crippen molar-refractivity contribution in [1.82, 2.24) is 19.6 Å². The third-order valence-electron chi connectivity index (χ3n) is 3.90. The van der Waals surface area contributed by atoms with Gasteiger partial charge in [0.2, 0.25) is 0 Å². The largest absolute Gasteiger partial charge is 0.324 e. The van der Waals surface area contributed by atoms with Gasteiger partial charge in [-0.2, -0.15) is 5.10 Å². The molecule has 0 atom stereocenters. The lowest BCUT2D eigenvalue weighted by Crippen LogP contribution is -2.46. The van der Waals surface area contributed by atoms with E-state index < -0.39 is 0 Å². The molecule has 2 heterocycles. The van der Waals surface area contributed by atoms with E-state index in [0.717, 1.165) is 31.6 Å². The Bertz CT molecular complexity index is 428. The van der Waals surface area contributed by atoms with E-state index in [9.17, 15) is 4.79 Å². The fraction of sp³-hybridized carbons (Fsp3) is 0.692. The van der Waals surface area contributed by atoms with Crippen LogP contribution in [-0.4, -0.2) is 58.8 Å². The molecule has 106 valence electrons. The van der Waals surface area contributed by atoms with Crippen LogP contribution in [0, 0.1) is 6.92 Å². The third-order valence-corrected chi connectivity index (χ3v) is 3.90. The molecular weight excluding hydrogens is 242 g/mol. The molecule has 0 aromatic carbocycles. The van der Waals surface area contributed by atoms with Gasteiger partial charge < -0.3 is 9.80 Å². The van der Waals surface area contributed by atoms with E-state index in [-0.39, 0.29) is 6.03 Å². The fourth-order valence-corrected chi connectivity index (χ4v) is 2.37. The molecule has 0 saturated carbocycles. The van der Waals surface area contributed by atoms with Gasteiger partial charge in [-0.15, -0.1) is 0 Å². The molecule has 0 bridgehead atoms. The number of aromatic nitrogens is 2. The number of aryl methyl sites for hydroxylation is 2. The predicted molar refractivity (Wildman–Crippen MR) is 75.2 cm³/mol. The minimum Gasteiger partial charge on any atom is -0.324 e. The molecule has 2 rings (SSSR count). The molecule has 1 fully saturated rings. The number of likely N-dealkylation sites (tertiary alicyclic amines) is 1. The number of hydrogen-bond acceptors (Lipinski definition) is 3. The lowest BCUT2D eigenvalue weighted by molar-refractivity contribution is 0.156. The van der Waals surface area contributed by atoms with Gasteiger partial charge in [0.05, 0.1) is 0 Å². The molecule has 0 radical (unpaired) electrons. The van der Waals surface area contributed by atoms with Crippen molar-refractivity contribution >= 4 is 11.8 Å². The van der Waals surface area contributed by atoms with Crippen LogP contribution in [0.3, 0.4) is 0 Å². The Labute approximate surface area is 114 Å². The summed E-state index contributed by atoms with van der Waals surface area (Å²) in [6.45, 7) is 4.05. The first-order chi connectivity index (χ1) is 8.97. The van der Waals surface area contributed by atoms with Crippen molar-refractivity contribution in [3.05, 3.63) is 11.8 Å². The first-order valence-electron chi connectivity index (χ1n) is 6.70. The number of piperidine rings is 1. The SMILES string of the molecule is Cc1cc(NC(=O)N(C)C2CCN(C)CC2)nn1C. The molecule has 1 aliphatic heterocycles. The van der Waals surface area contributed by atoms with Crippen molar-refractivity contribution in [1.29, 1.82) is 0 Å². The van der Waals surface area contributed by atoms with Crippen molar-refractivity contribution in [3.8, 4) is 0 Å². The molecule has 0 aliphatic carbocycles. The average molecular weight is 265 g/mol. The van der Waals surface area contributed by atoms with Crippen molar-refractivity contribution in [2.24, 2.45) is 7.05 Å². The van der Waals surface area contributed by atoms with Crippen LogP contribution < -0.4 is 5.32 Å². The van der Waals surface area contributed by atoms with Gasteiger partial charge >= 0.3 is 6.03 Å². The molecule has 0 unspecified atom stereocenters. The summed E-state index contributed by atoms with van der Waals surface area (Å²) in [4.78, 5) is 16.3. The van der Waals surface area contributed by atoms with Crippen LogP contribution in [0.1, 0.15) is 18.5 Å². The highest BCUT2D eigenvalue weighted by molar-refractivity contribution is 5.88. The highest BCUT2D eigenvalue weighted by atomic mass is 16.2. The number of anilines is 1. The van der Waals surface area contributed by atoms with E-state index in [2.05, 4.69) is 22.4 Å². The van der Waals surface area contributed by atoms with E-state index in [4.69, 9.17) is 0 Å². The zero-order valence-electron chi connectivity index (χ0n) is 12.2. The Balaban J connectivity index is 1.92. The Kier molecular flexibility index (Phi) is 4.09. The lowest BCUT2D eigenvalue weighted by Gasteiger charge is -2.34. The summed E-state index contributed by atoms with van der Waals surface area (Å²) in [7, 11) is 5.85. The summed E-state index contributed by atoms with van der Waals surface area (Å²) in [6, 6.07) is 2.12. The van der Waals surface area contributed by atoms with Crippen LogP contribution in [0.5, 0.6) is 0 Å². The monoisotopic (exact) mass is 265 g/mol. The summed E-state index contributed by atoms with van der Waals surface area (Å²) < 4.78 is 1.76. The van der Waals surface area contributed by atoms with Crippen molar-refractivity contribution in [2.45, 2.75) is 25.8 Å². The topological polar surface area (TPSA) is 53.4 Å². The van der Waals surface area contributed by atoms with Crippen LogP contribution >= 0.6 is 0 Å². The second-order valence-electron chi connectivity index (χ2n) is 5.37. The number of rotatable bonds is 2. The van der Waals surface area contributed by atoms with Crippen LogP contribution in [0.25, 0.3) is 0 Å². The highest BCUT2D eigenvalue weighted by Crippen LogP contribution is 2.15. The van der Waals surface area contributed by atoms with Crippen molar-refractivity contribution in [2.75, 3.05) is 32.5 Å². The first-order valence-corrected chi connectivity index (χ1v) is 6.70. The molecule has 1 saturated heterocycles. The zero-order valence-corrected chi connectivity index (χ0v) is 12.2. The highest BCUT2D eigenvalue weighted by Gasteiger charge is 2.24. The number of nitrogens with one attached hydrogen (secondary N) is 1. The molecule has 19 heavy (non-hydrogen) atoms. The maximum absolute atomic E-state index is 12.2. The van der Waals surface area contributed by atoms with Crippen LogP contribution in [-0.2, 0) is 7.05 Å². The summed E-state index contributed by atoms with van der Waals surface area (Å²) in [5.41, 5.74) is 1.03. The maximum Gasteiger partial charge on any atom is 0.323 e. The lowest BCUT2D eigenvalue weighted by atomic mass is 10.0. The standard InChI is InChI=1S/C13H23N5O/c1-10-9-12(15-18(10)4)14-13(19)17(3)11-5-7-16(2)8-6-11/h9,11H,5-8H2,1-4H3,(H,14,15,19). The average Bonchev–Trinajstić information content (AvgIpc) is 2.68. The number of amides is 2. The number of carbonyl (C=O) groups is 1. The van der Waals surface area contributed by atoms with Gasteiger partial charge in [-0.3, -0.25) is 10.00 Å². The maximum atomic E-state index is 12.2. The number of carbonyl (C=O) groups excluding carboxylic acids is 1. The van der Waals surface area contributed by atoms with E-state index in [1.165, 1.54) is 0 Å². The predicted octanol–water partition coefficient (Wildman–Crippen LogP) is 1.29. The van der Waals surface area contributed by atoms with E-state index in [0.29, 0.717) is 11.9 Å². The summed E-state index contributed by atoms with van der Waals surface area (Å²) in [5, 5.41) is 7.09. The molecule has 1 aromatic rings. The number of hydrogen-bond donors (Lipinski definition) is 1. The molecule has 6 heteroatoms. The van der Waals surface area contributed by atoms with Crippen molar-refractivity contribution < 1.29 is 4.79 Å². The minimum atomic E-state index is -0.0762. The smallest absolute Gasteiger partial charge is 0.323 e. The Morgan fingerprint density at radius 3 is 2.58 bits per heavy atom. The fourth-order valence-electron chi connectivity index (χ4n) is 2.37. The molecule has 1 aromatic heterocycles. The van der Waals surface area contributed by atoms with Gasteiger partial charge in [0.15, 0.2) is 5.82 Å². The van der Waals surface area contributed by atoms with E-state index >= 15 is 0 Å². The zero-order chi connectivity index (χ0) is 14.0. The second kappa shape index (κ2) is 5.61. The van der Waals surface area contributed by atoms with Gasteiger partial charge in [-0.25, -0.2) is 4.79 Å². The number of urea groups is 1. The van der Waals surface area contributed by atoms with Crippen molar-refractivity contribution in [3.63, 3.8) is 0 Å². The minimum absolute atomic E-state index is 0.0762. The van der Waals surface area contributed by atoms with Gasteiger partial charge in [-0.05, 0) is 39.9 Å². The summed E-state index contributed by atoms with van der Waals surface area (Å²) in [6.07, 6.45) is 2.06. The van der Waals surface area contributed by atoms with Gasteiger partial charge in [0, 0.05) is 31.9 Å². The van der Waals surface area contributed by atoms with Crippen LogP contribution in [0.2, 0.25) is 0 Å². The first kappa shape index (κ1) is 13.9.